The first-order chi connectivity index (χ1) is 18.4. The molecule has 2 aromatic rings. The number of rotatable bonds is 9. The predicted octanol–water partition coefficient (Wildman–Crippen LogP) is 2.77. The molecule has 214 valence electrons. The number of para-hydroxylation sites is 1. The first kappa shape index (κ1) is 30.2. The lowest BCUT2D eigenvalue weighted by Crippen LogP contribution is -2.50. The zero-order chi connectivity index (χ0) is 28.9. The lowest BCUT2D eigenvalue weighted by Gasteiger charge is -2.38. The topological polar surface area (TPSA) is 138 Å². The number of likely N-dealkylation sites (N-methyl/N-ethyl adjacent to an activating group) is 1. The van der Waals surface area contributed by atoms with E-state index in [1.807, 2.05) is 20.8 Å². The van der Waals surface area contributed by atoms with Crippen LogP contribution in [0.2, 0.25) is 0 Å². The molecule has 12 heteroatoms. The maximum atomic E-state index is 13.6. The van der Waals surface area contributed by atoms with E-state index >= 15 is 0 Å². The van der Waals surface area contributed by atoms with E-state index in [0.29, 0.717) is 5.75 Å². The van der Waals surface area contributed by atoms with Crippen molar-refractivity contribution in [2.45, 2.75) is 50.8 Å². The summed E-state index contributed by atoms with van der Waals surface area (Å²) in [5, 5.41) is 15.3. The van der Waals surface area contributed by atoms with E-state index in [1.165, 1.54) is 30.6 Å². The van der Waals surface area contributed by atoms with Gasteiger partial charge in [0.05, 0.1) is 42.4 Å². The van der Waals surface area contributed by atoms with Crippen LogP contribution < -0.4 is 20.1 Å². The number of aliphatic hydroxyl groups is 1. The average molecular weight is 563 g/mol. The van der Waals surface area contributed by atoms with E-state index < -0.39 is 28.2 Å². The van der Waals surface area contributed by atoms with Crippen LogP contribution in [0.4, 0.5) is 10.5 Å². The third-order valence-electron chi connectivity index (χ3n) is 6.56. The van der Waals surface area contributed by atoms with Crippen molar-refractivity contribution in [1.29, 1.82) is 0 Å². The van der Waals surface area contributed by atoms with Crippen molar-refractivity contribution in [1.82, 2.24) is 14.5 Å². The van der Waals surface area contributed by atoms with Gasteiger partial charge in [-0.2, -0.15) is 4.31 Å². The van der Waals surface area contributed by atoms with E-state index in [-0.39, 0.29) is 59.5 Å². The van der Waals surface area contributed by atoms with Crippen molar-refractivity contribution in [3.8, 4) is 11.5 Å². The summed E-state index contributed by atoms with van der Waals surface area (Å²) in [6.45, 7) is 7.18. The van der Waals surface area contributed by atoms with Gasteiger partial charge in [-0.05, 0) is 57.2 Å². The highest BCUT2D eigenvalue weighted by atomic mass is 32.2. The highest BCUT2D eigenvalue weighted by Gasteiger charge is 2.36. The normalized spacial score (nSPS) is 18.6. The Kier molecular flexibility index (Phi) is 9.81. The third kappa shape index (κ3) is 7.00. The van der Waals surface area contributed by atoms with E-state index in [9.17, 15) is 23.1 Å². The number of fused-ring (bicyclic) bond motifs is 1. The molecule has 3 atom stereocenters. The quantitative estimate of drug-likeness (QED) is 0.427. The van der Waals surface area contributed by atoms with E-state index in [2.05, 4.69) is 10.6 Å². The van der Waals surface area contributed by atoms with Crippen LogP contribution in [0.15, 0.2) is 47.4 Å². The number of aliphatic hydroxyl groups excluding tert-OH is 1. The molecule has 1 heterocycles. The second-order valence-electron chi connectivity index (χ2n) is 10.0. The average Bonchev–Trinajstić information content (AvgIpc) is 2.89. The number of hydrogen-bond donors (Lipinski definition) is 3. The maximum absolute atomic E-state index is 13.6. The van der Waals surface area contributed by atoms with E-state index in [0.717, 1.165) is 0 Å². The van der Waals surface area contributed by atoms with Gasteiger partial charge in [0.15, 0.2) is 5.75 Å². The Bertz CT molecular complexity index is 1270. The zero-order valence-electron chi connectivity index (χ0n) is 23.2. The fraction of sp³-hybridized carbons (Fsp3) is 0.481. The Hall–Kier alpha value is -3.35. The highest BCUT2D eigenvalue weighted by molar-refractivity contribution is 7.89. The first-order valence-corrected chi connectivity index (χ1v) is 14.2. The SMILES string of the molecule is COc1ccc(S(=O)(=O)N(C)C[C@@H]2Oc3c(NC(=O)NC(C)C)cccc3C(=O)N([C@H](C)CO)C[C@@H]2C)cc1. The number of nitrogens with zero attached hydrogens (tertiary/aromatic N) is 2. The number of nitrogens with one attached hydrogen (secondary N) is 2. The van der Waals surface area contributed by atoms with E-state index in [1.54, 1.807) is 42.2 Å². The molecule has 39 heavy (non-hydrogen) atoms. The summed E-state index contributed by atoms with van der Waals surface area (Å²) in [6, 6.07) is 9.85. The molecule has 0 radical (unpaired) electrons. The third-order valence-corrected chi connectivity index (χ3v) is 8.40. The van der Waals surface area contributed by atoms with Crippen LogP contribution in [0.1, 0.15) is 38.1 Å². The van der Waals surface area contributed by atoms with Gasteiger partial charge in [-0.3, -0.25) is 4.79 Å². The Morgan fingerprint density at radius 1 is 1.21 bits per heavy atom. The van der Waals surface area contributed by atoms with Crippen molar-refractivity contribution >= 4 is 27.6 Å². The highest BCUT2D eigenvalue weighted by Crippen LogP contribution is 2.35. The van der Waals surface area contributed by atoms with E-state index in [4.69, 9.17) is 9.47 Å². The van der Waals surface area contributed by atoms with Crippen molar-refractivity contribution in [3.63, 3.8) is 0 Å². The predicted molar refractivity (Wildman–Crippen MR) is 148 cm³/mol. The zero-order valence-corrected chi connectivity index (χ0v) is 24.0. The second-order valence-corrected chi connectivity index (χ2v) is 12.1. The number of hydrogen-bond acceptors (Lipinski definition) is 7. The summed E-state index contributed by atoms with van der Waals surface area (Å²) in [5.74, 6) is -0.0102. The lowest BCUT2D eigenvalue weighted by molar-refractivity contribution is 0.0389. The lowest BCUT2D eigenvalue weighted by atomic mass is 9.99. The molecule has 0 aliphatic carbocycles. The Balaban J connectivity index is 2.00. The number of sulfonamides is 1. The molecule has 11 nitrogen and oxygen atoms in total. The standard InChI is InChI=1S/C27H38N4O7S/c1-17(2)28-27(34)29-23-9-7-8-22-25(23)38-24(18(3)14-31(26(22)33)19(4)16-32)15-30(5)39(35,36)21-12-10-20(37-6)11-13-21/h7-13,17-19,24,32H,14-16H2,1-6H3,(H2,28,29,34)/t18-,19+,24-/m0/s1. The summed E-state index contributed by atoms with van der Waals surface area (Å²) < 4.78 is 39.4. The minimum Gasteiger partial charge on any atom is -0.497 e. The molecular formula is C27H38N4O7S. The summed E-state index contributed by atoms with van der Waals surface area (Å²) >= 11 is 0. The van der Waals surface area contributed by atoms with Crippen LogP contribution in [-0.2, 0) is 10.0 Å². The molecule has 0 fully saturated rings. The molecule has 3 amide bonds. The monoisotopic (exact) mass is 562 g/mol. The molecule has 3 rings (SSSR count). The molecule has 0 saturated carbocycles. The van der Waals surface area contributed by atoms with Gasteiger partial charge in [0, 0.05) is 25.6 Å². The summed E-state index contributed by atoms with van der Waals surface area (Å²) in [4.78, 5) is 27.7. The second kappa shape index (κ2) is 12.7. The fourth-order valence-electron chi connectivity index (χ4n) is 4.26. The van der Waals surface area contributed by atoms with Gasteiger partial charge in [0.25, 0.3) is 5.91 Å². The number of carbonyl (C=O) groups is 2. The number of carbonyl (C=O) groups excluding carboxylic acids is 2. The van der Waals surface area contributed by atoms with Gasteiger partial charge in [-0.25, -0.2) is 13.2 Å². The van der Waals surface area contributed by atoms with Crippen LogP contribution in [0.5, 0.6) is 11.5 Å². The van der Waals surface area contributed by atoms with Crippen LogP contribution >= 0.6 is 0 Å². The van der Waals surface area contributed by atoms with Gasteiger partial charge >= 0.3 is 6.03 Å². The van der Waals surface area contributed by atoms with Crippen molar-refractivity contribution in [2.24, 2.45) is 5.92 Å². The maximum Gasteiger partial charge on any atom is 0.319 e. The molecule has 0 aromatic heterocycles. The molecule has 0 saturated heterocycles. The van der Waals surface area contributed by atoms with Gasteiger partial charge < -0.3 is 30.1 Å². The molecule has 3 N–H and O–H groups in total. The van der Waals surface area contributed by atoms with Crippen molar-refractivity contribution in [2.75, 3.05) is 39.2 Å². The Morgan fingerprint density at radius 2 is 1.87 bits per heavy atom. The minimum atomic E-state index is -3.88. The molecular weight excluding hydrogens is 524 g/mol. The van der Waals surface area contributed by atoms with Crippen LogP contribution in [-0.4, -0.2) is 86.7 Å². The van der Waals surface area contributed by atoms with Crippen LogP contribution in [0.3, 0.4) is 0 Å². The molecule has 1 aliphatic heterocycles. The summed E-state index contributed by atoms with van der Waals surface area (Å²) in [5.41, 5.74) is 0.477. The van der Waals surface area contributed by atoms with Crippen molar-refractivity contribution in [3.05, 3.63) is 48.0 Å². The Labute approximate surface area is 230 Å². The van der Waals surface area contributed by atoms with Gasteiger partial charge in [-0.1, -0.05) is 13.0 Å². The van der Waals surface area contributed by atoms with Gasteiger partial charge in [0.1, 0.15) is 11.9 Å². The van der Waals surface area contributed by atoms with Gasteiger partial charge in [-0.15, -0.1) is 0 Å². The van der Waals surface area contributed by atoms with Crippen molar-refractivity contribution < 1.29 is 32.6 Å². The number of methoxy groups -OCH3 is 1. The molecule has 0 bridgehead atoms. The van der Waals surface area contributed by atoms with Gasteiger partial charge in [0.2, 0.25) is 10.0 Å². The molecule has 1 aliphatic rings. The van der Waals surface area contributed by atoms with Crippen LogP contribution in [0, 0.1) is 5.92 Å². The number of amides is 3. The summed E-state index contributed by atoms with van der Waals surface area (Å²) in [6.07, 6.45) is -0.695. The number of urea groups is 1. The molecule has 0 unspecified atom stereocenters. The number of ether oxygens (including phenoxy) is 2. The smallest absolute Gasteiger partial charge is 0.319 e. The fourth-order valence-corrected chi connectivity index (χ4v) is 5.44. The molecule has 0 spiro atoms. The Morgan fingerprint density at radius 3 is 2.46 bits per heavy atom. The largest absolute Gasteiger partial charge is 0.497 e. The van der Waals surface area contributed by atoms with Crippen LogP contribution in [0.25, 0.3) is 0 Å². The number of anilines is 1. The first-order valence-electron chi connectivity index (χ1n) is 12.8. The molecule has 2 aromatic carbocycles. The minimum absolute atomic E-state index is 0.0307. The summed E-state index contributed by atoms with van der Waals surface area (Å²) in [7, 11) is -0.906. The number of benzene rings is 2.